The molecule has 48 heavy (non-hydrogen) atoms. The molecule has 12 nitrogen and oxygen atoms in total. The van der Waals surface area contributed by atoms with Gasteiger partial charge in [-0.05, 0) is 108 Å². The first kappa shape index (κ1) is 35.7. The van der Waals surface area contributed by atoms with Gasteiger partial charge >= 0.3 is 0 Å². The van der Waals surface area contributed by atoms with Crippen LogP contribution in [-0.4, -0.2) is 68.3 Å². The Hall–Kier alpha value is -5.20. The van der Waals surface area contributed by atoms with Crippen LogP contribution in [0.5, 0.6) is 57.5 Å². The van der Waals surface area contributed by atoms with Crippen LogP contribution in [0, 0.1) is 11.8 Å². The highest BCUT2D eigenvalue weighted by Crippen LogP contribution is 2.38. The van der Waals surface area contributed by atoms with Crippen molar-refractivity contribution < 1.29 is 59.8 Å². The van der Waals surface area contributed by atoms with E-state index in [1.807, 2.05) is 24.3 Å². The third-order valence-corrected chi connectivity index (χ3v) is 8.13. The number of aromatic hydroxyl groups is 6. The van der Waals surface area contributed by atoms with E-state index in [0.717, 1.165) is 11.1 Å². The lowest BCUT2D eigenvalue weighted by atomic mass is 9.80. The molecule has 0 saturated heterocycles. The quantitative estimate of drug-likeness (QED) is 0.0712. The van der Waals surface area contributed by atoms with E-state index in [0.29, 0.717) is 59.8 Å². The molecule has 0 aliphatic heterocycles. The molecule has 0 unspecified atom stereocenters. The third kappa shape index (κ3) is 8.99. The second-order valence-corrected chi connectivity index (χ2v) is 11.5. The van der Waals surface area contributed by atoms with E-state index < -0.39 is 34.5 Å². The molecular formula is C36H42O12. The molecule has 0 aliphatic carbocycles. The molecule has 0 spiro atoms. The smallest absolute Gasteiger partial charge is 0.200 e. The molecule has 4 aromatic carbocycles. The Morgan fingerprint density at radius 3 is 1.31 bits per heavy atom. The summed E-state index contributed by atoms with van der Waals surface area (Å²) >= 11 is 0. The Bertz CT molecular complexity index is 1630. The Morgan fingerprint density at radius 2 is 0.938 bits per heavy atom. The Balaban J connectivity index is 1.46. The van der Waals surface area contributed by atoms with Gasteiger partial charge in [0.15, 0.2) is 57.5 Å². The van der Waals surface area contributed by atoms with Crippen LogP contribution in [0.15, 0.2) is 60.7 Å². The van der Waals surface area contributed by atoms with Crippen LogP contribution >= 0.6 is 0 Å². The van der Waals surface area contributed by atoms with Crippen LogP contribution in [0.4, 0.5) is 0 Å². The zero-order chi connectivity index (χ0) is 34.8. The molecule has 4 rings (SSSR count). The number of rotatable bonds is 17. The lowest BCUT2D eigenvalue weighted by Crippen LogP contribution is -2.23. The fraction of sp³-hybridized carbons (Fsp3) is 0.333. The maximum atomic E-state index is 10.5. The minimum atomic E-state index is -0.603. The normalized spacial score (nSPS) is 12.3. The average Bonchev–Trinajstić information content (AvgIpc) is 3.08. The van der Waals surface area contributed by atoms with Crippen molar-refractivity contribution in [2.24, 2.45) is 11.8 Å². The third-order valence-electron chi connectivity index (χ3n) is 8.13. The van der Waals surface area contributed by atoms with E-state index in [9.17, 15) is 40.9 Å². The van der Waals surface area contributed by atoms with Crippen molar-refractivity contribution in [3.05, 3.63) is 82.9 Å². The lowest BCUT2D eigenvalue weighted by Gasteiger charge is -2.27. The summed E-state index contributed by atoms with van der Waals surface area (Å²) in [7, 11) is 3.03. The summed E-state index contributed by atoms with van der Waals surface area (Å²) < 4.78 is 22.9. The first-order chi connectivity index (χ1) is 23.1. The largest absolute Gasteiger partial charge is 0.504 e. The standard InChI is InChI=1S/C36H42O12/c1-45-33-16-21(5-7-31(33)47-19-23-12-27(39)35(43)28(40)13-23)10-25(4-3-9-37)26(18-38)11-22-6-8-32(34(17-22)46-2)48-20-24-14-29(41)36(44)30(42)15-24/h5-8,12-17,25-26,37-44H,3-4,9-11,18-20H2,1-2H3/t25-,26+/m1/s1. The SMILES string of the molecule is COc1cc(C[C@@H](CO)[C@H](CCCO)Cc2ccc(OCc3cc(O)c(O)c(O)c3)c(OC)c2)ccc1OCc1cc(O)c(O)c(O)c1. The summed E-state index contributed by atoms with van der Waals surface area (Å²) in [4.78, 5) is 0. The maximum absolute atomic E-state index is 10.5. The highest BCUT2D eigenvalue weighted by atomic mass is 16.5. The number of benzene rings is 4. The Kier molecular flexibility index (Phi) is 12.3. The number of phenolic OH excluding ortho intramolecular Hbond substituents is 6. The van der Waals surface area contributed by atoms with Crippen molar-refractivity contribution in [2.45, 2.75) is 38.9 Å². The van der Waals surface area contributed by atoms with E-state index in [1.165, 1.54) is 38.5 Å². The lowest BCUT2D eigenvalue weighted by molar-refractivity contribution is 0.158. The van der Waals surface area contributed by atoms with Crippen LogP contribution in [0.2, 0.25) is 0 Å². The van der Waals surface area contributed by atoms with E-state index in [-0.39, 0.29) is 38.3 Å². The molecule has 0 heterocycles. The molecule has 0 radical (unpaired) electrons. The Labute approximate surface area is 278 Å². The highest BCUT2D eigenvalue weighted by molar-refractivity contribution is 5.52. The number of phenols is 6. The van der Waals surface area contributed by atoms with Gasteiger partial charge in [0.1, 0.15) is 13.2 Å². The monoisotopic (exact) mass is 666 g/mol. The fourth-order valence-electron chi connectivity index (χ4n) is 5.57. The predicted molar refractivity (Wildman–Crippen MR) is 175 cm³/mol. The Morgan fingerprint density at radius 1 is 0.521 bits per heavy atom. The number of aliphatic hydroxyl groups is 2. The summed E-state index contributed by atoms with van der Waals surface area (Å²) in [6, 6.07) is 16.1. The number of hydrogen-bond acceptors (Lipinski definition) is 12. The van der Waals surface area contributed by atoms with Crippen molar-refractivity contribution in [2.75, 3.05) is 27.4 Å². The van der Waals surface area contributed by atoms with E-state index in [1.54, 1.807) is 12.1 Å². The van der Waals surface area contributed by atoms with Gasteiger partial charge in [-0.15, -0.1) is 0 Å². The van der Waals surface area contributed by atoms with Gasteiger partial charge in [0, 0.05) is 13.2 Å². The fourth-order valence-corrected chi connectivity index (χ4v) is 5.57. The molecule has 4 aromatic rings. The average molecular weight is 667 g/mol. The van der Waals surface area contributed by atoms with Gasteiger partial charge in [0.2, 0.25) is 0 Å². The zero-order valence-electron chi connectivity index (χ0n) is 26.8. The first-order valence-corrected chi connectivity index (χ1v) is 15.4. The second kappa shape index (κ2) is 16.6. The van der Waals surface area contributed by atoms with Crippen LogP contribution in [0.1, 0.15) is 35.1 Å². The summed E-state index contributed by atoms with van der Waals surface area (Å²) in [5.74, 6) is -1.40. The van der Waals surface area contributed by atoms with Gasteiger partial charge in [-0.3, -0.25) is 0 Å². The molecule has 0 aromatic heterocycles. The molecule has 8 N–H and O–H groups in total. The summed E-state index contributed by atoms with van der Waals surface area (Å²) in [5, 5.41) is 78.4. The molecule has 2 atom stereocenters. The van der Waals surface area contributed by atoms with Crippen LogP contribution in [0.3, 0.4) is 0 Å². The molecule has 12 heteroatoms. The number of aliphatic hydroxyl groups excluding tert-OH is 2. The van der Waals surface area contributed by atoms with Crippen molar-refractivity contribution in [3.63, 3.8) is 0 Å². The minimum absolute atomic E-state index is 0.000101. The van der Waals surface area contributed by atoms with E-state index in [4.69, 9.17) is 18.9 Å². The minimum Gasteiger partial charge on any atom is -0.504 e. The van der Waals surface area contributed by atoms with Gasteiger partial charge in [-0.25, -0.2) is 0 Å². The summed E-state index contributed by atoms with van der Waals surface area (Å²) in [5.41, 5.74) is 2.72. The van der Waals surface area contributed by atoms with Gasteiger partial charge in [0.05, 0.1) is 14.2 Å². The highest BCUT2D eigenvalue weighted by Gasteiger charge is 2.23. The van der Waals surface area contributed by atoms with E-state index in [2.05, 4.69) is 0 Å². The molecule has 0 aliphatic rings. The first-order valence-electron chi connectivity index (χ1n) is 15.4. The summed E-state index contributed by atoms with van der Waals surface area (Å²) in [6.07, 6.45) is 2.34. The van der Waals surface area contributed by atoms with Crippen LogP contribution < -0.4 is 18.9 Å². The molecular weight excluding hydrogens is 624 g/mol. The van der Waals surface area contributed by atoms with Crippen molar-refractivity contribution in [1.29, 1.82) is 0 Å². The van der Waals surface area contributed by atoms with Gasteiger partial charge in [-0.1, -0.05) is 12.1 Å². The van der Waals surface area contributed by atoms with Gasteiger partial charge in [0.25, 0.3) is 0 Å². The summed E-state index contributed by atoms with van der Waals surface area (Å²) in [6.45, 7) is -0.0737. The van der Waals surface area contributed by atoms with Gasteiger partial charge in [-0.2, -0.15) is 0 Å². The van der Waals surface area contributed by atoms with Crippen molar-refractivity contribution in [3.8, 4) is 57.5 Å². The number of ether oxygens (including phenoxy) is 4. The van der Waals surface area contributed by atoms with Crippen molar-refractivity contribution >= 4 is 0 Å². The number of hydrogen-bond donors (Lipinski definition) is 8. The zero-order valence-corrected chi connectivity index (χ0v) is 26.8. The molecule has 0 saturated carbocycles. The number of methoxy groups -OCH3 is 2. The van der Waals surface area contributed by atoms with Crippen LogP contribution in [0.25, 0.3) is 0 Å². The molecule has 0 amide bonds. The topological polar surface area (TPSA) is 199 Å². The molecule has 0 fully saturated rings. The molecule has 258 valence electrons. The predicted octanol–water partition coefficient (Wildman–Crippen LogP) is 4.88. The van der Waals surface area contributed by atoms with Crippen LogP contribution in [-0.2, 0) is 26.1 Å². The van der Waals surface area contributed by atoms with Gasteiger partial charge < -0.3 is 59.8 Å². The second-order valence-electron chi connectivity index (χ2n) is 11.5. The van der Waals surface area contributed by atoms with E-state index >= 15 is 0 Å². The molecule has 0 bridgehead atoms. The van der Waals surface area contributed by atoms with Crippen molar-refractivity contribution in [1.82, 2.24) is 0 Å². The maximum Gasteiger partial charge on any atom is 0.200 e.